The largest absolute Gasteiger partial charge is 0.457 e. The summed E-state index contributed by atoms with van der Waals surface area (Å²) in [5.41, 5.74) is 12.2. The van der Waals surface area contributed by atoms with E-state index in [1.165, 1.54) is 0 Å². The lowest BCUT2D eigenvalue weighted by Crippen LogP contribution is -2.34. The maximum atomic E-state index is 6.64. The summed E-state index contributed by atoms with van der Waals surface area (Å²) in [4.78, 5) is 10.6. The van der Waals surface area contributed by atoms with Crippen LogP contribution in [0.15, 0.2) is 211 Å². The van der Waals surface area contributed by atoms with E-state index in [0.29, 0.717) is 5.82 Å². The van der Waals surface area contributed by atoms with Crippen molar-refractivity contribution in [2.75, 3.05) is 0 Å². The fourth-order valence-corrected chi connectivity index (χ4v) is 8.76. The van der Waals surface area contributed by atoms with Gasteiger partial charge in [0.25, 0.3) is 0 Å². The maximum absolute atomic E-state index is 6.64. The van der Waals surface area contributed by atoms with E-state index in [9.17, 15) is 0 Å². The van der Waals surface area contributed by atoms with Gasteiger partial charge in [0.05, 0.1) is 16.8 Å². The second-order valence-corrected chi connectivity index (χ2v) is 14.4. The van der Waals surface area contributed by atoms with Crippen LogP contribution in [0.5, 0.6) is 11.5 Å². The monoisotopic (exact) mass is 730 g/mol. The van der Waals surface area contributed by atoms with E-state index in [0.717, 1.165) is 94.9 Å². The first kappa shape index (κ1) is 32.8. The van der Waals surface area contributed by atoms with Gasteiger partial charge in [-0.05, 0) is 58.7 Å². The SMILES string of the molecule is c1ccc(-c2cc(-c3ccccc3-c3ccccc3C3(c4ccccc4)c4ccccc4Oc4ccccc43)nc(-c3ccc4c(c3)oc3ccccc34)n2)cc1. The van der Waals surface area contributed by atoms with Crippen molar-refractivity contribution in [1.82, 2.24) is 9.97 Å². The predicted molar refractivity (Wildman–Crippen MR) is 229 cm³/mol. The molecule has 10 aromatic rings. The summed E-state index contributed by atoms with van der Waals surface area (Å²) in [6.45, 7) is 0. The number of furan rings is 1. The van der Waals surface area contributed by atoms with Crippen LogP contribution in [0.3, 0.4) is 0 Å². The van der Waals surface area contributed by atoms with Gasteiger partial charge >= 0.3 is 0 Å². The van der Waals surface area contributed by atoms with Crippen molar-refractivity contribution in [2.24, 2.45) is 0 Å². The molecular formula is C53H34N2O2. The number of nitrogens with zero attached hydrogens (tertiary/aromatic N) is 2. The zero-order chi connectivity index (χ0) is 37.8. The van der Waals surface area contributed by atoms with E-state index < -0.39 is 5.41 Å². The zero-order valence-corrected chi connectivity index (χ0v) is 30.8. The van der Waals surface area contributed by atoms with Crippen LogP contribution in [0, 0.1) is 0 Å². The molecule has 268 valence electrons. The summed E-state index contributed by atoms with van der Waals surface area (Å²) in [7, 11) is 0. The Morgan fingerprint density at radius 3 is 1.68 bits per heavy atom. The predicted octanol–water partition coefficient (Wildman–Crippen LogP) is 13.5. The first-order chi connectivity index (χ1) is 28.3. The average Bonchev–Trinajstić information content (AvgIpc) is 3.67. The first-order valence-electron chi connectivity index (χ1n) is 19.2. The van der Waals surface area contributed by atoms with Gasteiger partial charge in [-0.1, -0.05) is 170 Å². The van der Waals surface area contributed by atoms with Crippen molar-refractivity contribution >= 4 is 21.9 Å². The third kappa shape index (κ3) is 5.30. The number of hydrogen-bond donors (Lipinski definition) is 0. The highest BCUT2D eigenvalue weighted by atomic mass is 16.5. The highest BCUT2D eigenvalue weighted by Gasteiger charge is 2.46. The molecule has 1 aliphatic rings. The van der Waals surface area contributed by atoms with E-state index in [-0.39, 0.29) is 0 Å². The van der Waals surface area contributed by atoms with Crippen molar-refractivity contribution < 1.29 is 9.15 Å². The topological polar surface area (TPSA) is 48.2 Å². The normalized spacial score (nSPS) is 12.8. The lowest BCUT2D eigenvalue weighted by Gasteiger charge is -2.42. The molecule has 11 rings (SSSR count). The molecule has 0 saturated heterocycles. The Bertz CT molecular complexity index is 3070. The van der Waals surface area contributed by atoms with E-state index in [1.807, 2.05) is 48.5 Å². The Morgan fingerprint density at radius 2 is 0.930 bits per heavy atom. The van der Waals surface area contributed by atoms with Crippen LogP contribution < -0.4 is 4.74 Å². The quantitative estimate of drug-likeness (QED) is 0.171. The van der Waals surface area contributed by atoms with Gasteiger partial charge in [-0.15, -0.1) is 0 Å². The van der Waals surface area contributed by atoms with Gasteiger partial charge < -0.3 is 9.15 Å². The van der Waals surface area contributed by atoms with Crippen LogP contribution in [0.1, 0.15) is 22.3 Å². The van der Waals surface area contributed by atoms with Crippen molar-refractivity contribution in [3.05, 3.63) is 229 Å². The van der Waals surface area contributed by atoms with E-state index >= 15 is 0 Å². The van der Waals surface area contributed by atoms with E-state index in [2.05, 4.69) is 158 Å². The average molecular weight is 731 g/mol. The summed E-state index contributed by atoms with van der Waals surface area (Å²) >= 11 is 0. The molecule has 1 aliphatic heterocycles. The number of aromatic nitrogens is 2. The van der Waals surface area contributed by atoms with Crippen molar-refractivity contribution in [3.8, 4) is 56.5 Å². The smallest absolute Gasteiger partial charge is 0.160 e. The van der Waals surface area contributed by atoms with Gasteiger partial charge in [0, 0.05) is 38.6 Å². The zero-order valence-electron chi connectivity index (χ0n) is 30.8. The standard InChI is InChI=1S/C53H34N2O2/c1-3-17-35(18-4-1)46-34-47(55-52(54-46)36-31-32-42-41-24-10-14-28-48(41)56-51(42)33-36)40-23-8-7-21-38(40)39-22-9-11-25-43(39)53(37-19-5-2-6-20-37)44-26-12-15-29-49(44)57-50-30-16-13-27-45(50)53/h1-34H. The summed E-state index contributed by atoms with van der Waals surface area (Å²) in [6, 6.07) is 72.0. The second-order valence-electron chi connectivity index (χ2n) is 14.4. The minimum absolute atomic E-state index is 0.629. The molecule has 4 nitrogen and oxygen atoms in total. The molecule has 3 heterocycles. The molecular weight excluding hydrogens is 697 g/mol. The molecule has 0 fully saturated rings. The molecule has 0 saturated carbocycles. The highest BCUT2D eigenvalue weighted by Crippen LogP contribution is 2.57. The minimum Gasteiger partial charge on any atom is -0.457 e. The van der Waals surface area contributed by atoms with Gasteiger partial charge in [-0.25, -0.2) is 9.97 Å². The summed E-state index contributed by atoms with van der Waals surface area (Å²) in [6.07, 6.45) is 0. The minimum atomic E-state index is -0.690. The van der Waals surface area contributed by atoms with Crippen LogP contribution in [-0.4, -0.2) is 9.97 Å². The van der Waals surface area contributed by atoms with Crippen molar-refractivity contribution in [2.45, 2.75) is 5.41 Å². The molecule has 0 spiro atoms. The van der Waals surface area contributed by atoms with Gasteiger partial charge in [0.2, 0.25) is 0 Å². The summed E-state index contributed by atoms with van der Waals surface area (Å²) < 4.78 is 13.0. The third-order valence-corrected chi connectivity index (χ3v) is 11.3. The number of para-hydroxylation sites is 3. The number of ether oxygens (including phenoxy) is 1. The Hall–Kier alpha value is -7.56. The van der Waals surface area contributed by atoms with Crippen LogP contribution >= 0.6 is 0 Å². The lowest BCUT2D eigenvalue weighted by molar-refractivity contribution is 0.434. The molecule has 57 heavy (non-hydrogen) atoms. The molecule has 0 bridgehead atoms. The fraction of sp³-hybridized carbons (Fsp3) is 0.0189. The molecule has 0 unspecified atom stereocenters. The number of hydrogen-bond acceptors (Lipinski definition) is 4. The Labute approximate surface area is 330 Å². The molecule has 2 aromatic heterocycles. The Kier molecular flexibility index (Phi) is 7.68. The Balaban J connectivity index is 1.16. The molecule has 0 N–H and O–H groups in total. The number of benzene rings is 8. The number of fused-ring (bicyclic) bond motifs is 5. The van der Waals surface area contributed by atoms with Gasteiger partial charge in [-0.2, -0.15) is 0 Å². The van der Waals surface area contributed by atoms with Crippen LogP contribution in [0.2, 0.25) is 0 Å². The van der Waals surface area contributed by atoms with Crippen molar-refractivity contribution in [1.29, 1.82) is 0 Å². The molecule has 0 atom stereocenters. The van der Waals surface area contributed by atoms with Crippen molar-refractivity contribution in [3.63, 3.8) is 0 Å². The molecule has 8 aromatic carbocycles. The highest BCUT2D eigenvalue weighted by molar-refractivity contribution is 6.05. The van der Waals surface area contributed by atoms with E-state index in [1.54, 1.807) is 0 Å². The lowest BCUT2D eigenvalue weighted by atomic mass is 9.62. The van der Waals surface area contributed by atoms with Gasteiger partial charge in [0.15, 0.2) is 5.82 Å². The fourth-order valence-electron chi connectivity index (χ4n) is 8.76. The molecule has 0 aliphatic carbocycles. The molecule has 4 heteroatoms. The summed E-state index contributed by atoms with van der Waals surface area (Å²) in [5.74, 6) is 2.32. The molecule has 0 amide bonds. The Morgan fingerprint density at radius 1 is 0.368 bits per heavy atom. The second kappa shape index (κ2) is 13.3. The van der Waals surface area contributed by atoms with Gasteiger partial charge in [0.1, 0.15) is 22.7 Å². The third-order valence-electron chi connectivity index (χ3n) is 11.3. The number of rotatable bonds is 6. The van der Waals surface area contributed by atoms with Crippen LogP contribution in [-0.2, 0) is 5.41 Å². The van der Waals surface area contributed by atoms with Gasteiger partial charge in [-0.3, -0.25) is 0 Å². The molecule has 0 radical (unpaired) electrons. The summed E-state index contributed by atoms with van der Waals surface area (Å²) in [5, 5.41) is 2.16. The van der Waals surface area contributed by atoms with Crippen LogP contribution in [0.25, 0.3) is 67.0 Å². The maximum Gasteiger partial charge on any atom is 0.160 e. The first-order valence-corrected chi connectivity index (χ1v) is 19.2. The van der Waals surface area contributed by atoms with Crippen LogP contribution in [0.4, 0.5) is 0 Å². The van der Waals surface area contributed by atoms with E-state index in [4.69, 9.17) is 19.1 Å².